The molecule has 0 spiro atoms. The Kier molecular flexibility index (Phi) is 2.12. The van der Waals surface area contributed by atoms with E-state index in [1.807, 2.05) is 0 Å². The van der Waals surface area contributed by atoms with Crippen molar-refractivity contribution in [2.45, 2.75) is 19.4 Å². The number of methoxy groups -OCH3 is 1. The number of likely N-dealkylation sites (tertiary alicyclic amines) is 1. The lowest BCUT2D eigenvalue weighted by Gasteiger charge is -2.23. The number of ether oxygens (including phenoxy) is 1. The first-order valence-corrected chi connectivity index (χ1v) is 4.70. The van der Waals surface area contributed by atoms with Crippen LogP contribution < -0.4 is 0 Å². The van der Waals surface area contributed by atoms with E-state index in [-0.39, 0.29) is 5.97 Å². The molecule has 1 aliphatic carbocycles. The maximum Gasteiger partial charge on any atom is 0.319 e. The monoisotopic (exact) mass is 181 g/mol. The zero-order valence-electron chi connectivity index (χ0n) is 8.12. The van der Waals surface area contributed by atoms with Gasteiger partial charge in [-0.3, -0.25) is 9.69 Å². The summed E-state index contributed by atoms with van der Waals surface area (Å²) in [4.78, 5) is 13.2. The first-order chi connectivity index (χ1) is 6.20. The van der Waals surface area contributed by atoms with Crippen LogP contribution in [0.3, 0.4) is 0 Å². The number of carbonyl (C=O) groups is 1. The van der Waals surface area contributed by atoms with Crippen molar-refractivity contribution in [3.05, 3.63) is 11.6 Å². The Morgan fingerprint density at radius 1 is 1.77 bits per heavy atom. The molecule has 72 valence electrons. The Morgan fingerprint density at radius 2 is 2.54 bits per heavy atom. The molecule has 2 rings (SSSR count). The summed E-state index contributed by atoms with van der Waals surface area (Å²) in [6.45, 7) is 3.66. The molecule has 1 saturated heterocycles. The van der Waals surface area contributed by atoms with Crippen LogP contribution in [-0.4, -0.2) is 37.1 Å². The molecular weight excluding hydrogens is 166 g/mol. The van der Waals surface area contributed by atoms with Crippen LogP contribution in [0.5, 0.6) is 0 Å². The summed E-state index contributed by atoms with van der Waals surface area (Å²) in [6, 6.07) is 0.490. The minimum atomic E-state index is -0.126. The summed E-state index contributed by atoms with van der Waals surface area (Å²) in [6.07, 6.45) is 3.47. The van der Waals surface area contributed by atoms with Gasteiger partial charge in [0.05, 0.1) is 13.7 Å². The molecule has 3 nitrogen and oxygen atoms in total. The molecule has 0 radical (unpaired) electrons. The van der Waals surface area contributed by atoms with Crippen molar-refractivity contribution >= 4 is 5.97 Å². The highest BCUT2D eigenvalue weighted by Gasteiger charge is 2.37. The standard InChI is InChI=1S/C10H15NO2/c1-7-3-9-4-8(7)5-11(9)6-10(12)13-2/h3,8-9H,4-6H2,1-2H3. The number of nitrogens with zero attached hydrogens (tertiary/aromatic N) is 1. The molecule has 1 heterocycles. The van der Waals surface area contributed by atoms with Crippen LogP contribution in [0.15, 0.2) is 11.6 Å². The van der Waals surface area contributed by atoms with E-state index in [2.05, 4.69) is 22.6 Å². The lowest BCUT2D eigenvalue weighted by Crippen LogP contribution is -2.35. The molecule has 2 atom stereocenters. The van der Waals surface area contributed by atoms with Crippen molar-refractivity contribution in [3.8, 4) is 0 Å². The van der Waals surface area contributed by atoms with Gasteiger partial charge in [-0.1, -0.05) is 11.6 Å². The van der Waals surface area contributed by atoms with Crippen molar-refractivity contribution in [1.29, 1.82) is 0 Å². The average molecular weight is 181 g/mol. The van der Waals surface area contributed by atoms with Gasteiger partial charge in [-0.2, -0.15) is 0 Å². The van der Waals surface area contributed by atoms with Crippen LogP contribution in [0.4, 0.5) is 0 Å². The maximum absolute atomic E-state index is 11.0. The van der Waals surface area contributed by atoms with Crippen LogP contribution in [0.25, 0.3) is 0 Å². The maximum atomic E-state index is 11.0. The first-order valence-electron chi connectivity index (χ1n) is 4.70. The lowest BCUT2D eigenvalue weighted by molar-refractivity contribution is -0.142. The molecule has 2 aliphatic rings. The molecule has 0 aromatic rings. The van der Waals surface area contributed by atoms with Gasteiger partial charge in [0, 0.05) is 12.6 Å². The fourth-order valence-electron chi connectivity index (χ4n) is 2.29. The molecule has 3 heteroatoms. The van der Waals surface area contributed by atoms with E-state index < -0.39 is 0 Å². The zero-order valence-corrected chi connectivity index (χ0v) is 8.12. The van der Waals surface area contributed by atoms with Gasteiger partial charge in [0.15, 0.2) is 0 Å². The Bertz CT molecular complexity index is 260. The van der Waals surface area contributed by atoms with Gasteiger partial charge < -0.3 is 4.74 Å². The summed E-state index contributed by atoms with van der Waals surface area (Å²) in [5.74, 6) is 0.563. The second kappa shape index (κ2) is 3.14. The van der Waals surface area contributed by atoms with Crippen LogP contribution in [0.2, 0.25) is 0 Å². The average Bonchev–Trinajstić information content (AvgIpc) is 2.63. The van der Waals surface area contributed by atoms with Gasteiger partial charge in [0.25, 0.3) is 0 Å². The second-order valence-electron chi connectivity index (χ2n) is 3.92. The molecule has 0 amide bonds. The third-order valence-corrected chi connectivity index (χ3v) is 3.11. The molecule has 1 fully saturated rings. The molecule has 0 aromatic carbocycles. The quantitative estimate of drug-likeness (QED) is 0.466. The summed E-state index contributed by atoms with van der Waals surface area (Å²) >= 11 is 0. The highest BCUT2D eigenvalue weighted by atomic mass is 16.5. The molecule has 0 aromatic heterocycles. The fraction of sp³-hybridized carbons (Fsp3) is 0.700. The van der Waals surface area contributed by atoms with Gasteiger partial charge in [-0.15, -0.1) is 0 Å². The highest BCUT2D eigenvalue weighted by molar-refractivity contribution is 5.71. The molecule has 2 unspecified atom stereocenters. The van der Waals surface area contributed by atoms with Crippen LogP contribution in [0, 0.1) is 5.92 Å². The molecule has 1 aliphatic heterocycles. The zero-order chi connectivity index (χ0) is 9.42. The predicted molar refractivity (Wildman–Crippen MR) is 49.2 cm³/mol. The van der Waals surface area contributed by atoms with Crippen molar-refractivity contribution in [2.24, 2.45) is 5.92 Å². The van der Waals surface area contributed by atoms with Crippen molar-refractivity contribution in [3.63, 3.8) is 0 Å². The van der Waals surface area contributed by atoms with Gasteiger partial charge >= 0.3 is 5.97 Å². The van der Waals surface area contributed by atoms with Crippen molar-refractivity contribution < 1.29 is 9.53 Å². The topological polar surface area (TPSA) is 29.5 Å². The van der Waals surface area contributed by atoms with Crippen molar-refractivity contribution in [2.75, 3.05) is 20.2 Å². The molecule has 2 bridgehead atoms. The van der Waals surface area contributed by atoms with Gasteiger partial charge in [-0.05, 0) is 19.3 Å². The number of rotatable bonds is 2. The summed E-state index contributed by atoms with van der Waals surface area (Å²) in [5, 5.41) is 0. The van der Waals surface area contributed by atoms with E-state index >= 15 is 0 Å². The van der Waals surface area contributed by atoms with E-state index in [4.69, 9.17) is 0 Å². The number of esters is 1. The summed E-state index contributed by atoms with van der Waals surface area (Å²) in [5.41, 5.74) is 1.49. The number of carbonyl (C=O) groups excluding carboxylic acids is 1. The van der Waals surface area contributed by atoms with E-state index in [0.29, 0.717) is 18.5 Å². The Balaban J connectivity index is 1.95. The van der Waals surface area contributed by atoms with E-state index in [1.165, 1.54) is 19.1 Å². The van der Waals surface area contributed by atoms with Crippen LogP contribution >= 0.6 is 0 Å². The Hall–Kier alpha value is -0.830. The summed E-state index contributed by atoms with van der Waals surface area (Å²) in [7, 11) is 1.44. The minimum absolute atomic E-state index is 0.126. The highest BCUT2D eigenvalue weighted by Crippen LogP contribution is 2.36. The van der Waals surface area contributed by atoms with E-state index in [1.54, 1.807) is 0 Å². The fourth-order valence-corrected chi connectivity index (χ4v) is 2.29. The Labute approximate surface area is 78.4 Å². The third-order valence-electron chi connectivity index (χ3n) is 3.11. The normalized spacial score (nSPS) is 32.0. The SMILES string of the molecule is COC(=O)CN1CC2CC1C=C2C. The molecule has 0 N–H and O–H groups in total. The minimum Gasteiger partial charge on any atom is -0.468 e. The van der Waals surface area contributed by atoms with E-state index in [9.17, 15) is 4.79 Å². The number of hydrogen-bond acceptors (Lipinski definition) is 3. The van der Waals surface area contributed by atoms with Gasteiger partial charge in [0.1, 0.15) is 0 Å². The van der Waals surface area contributed by atoms with Crippen LogP contribution in [0.1, 0.15) is 13.3 Å². The largest absolute Gasteiger partial charge is 0.468 e. The molecule has 0 saturated carbocycles. The van der Waals surface area contributed by atoms with Crippen molar-refractivity contribution in [1.82, 2.24) is 4.90 Å². The second-order valence-corrected chi connectivity index (χ2v) is 3.92. The first kappa shape index (κ1) is 8.75. The summed E-state index contributed by atoms with van der Waals surface area (Å²) < 4.78 is 4.65. The van der Waals surface area contributed by atoms with Gasteiger partial charge in [0.2, 0.25) is 0 Å². The number of fused-ring (bicyclic) bond motifs is 2. The third kappa shape index (κ3) is 1.48. The predicted octanol–water partition coefficient (Wildman–Crippen LogP) is 0.810. The van der Waals surface area contributed by atoms with E-state index in [0.717, 1.165) is 6.54 Å². The number of hydrogen-bond donors (Lipinski definition) is 0. The van der Waals surface area contributed by atoms with Gasteiger partial charge in [-0.25, -0.2) is 0 Å². The Morgan fingerprint density at radius 3 is 3.00 bits per heavy atom. The molecule has 13 heavy (non-hydrogen) atoms. The molecular formula is C10H15NO2. The van der Waals surface area contributed by atoms with Crippen LogP contribution in [-0.2, 0) is 9.53 Å². The lowest BCUT2D eigenvalue weighted by atomic mass is 10.1. The smallest absolute Gasteiger partial charge is 0.319 e.